The Bertz CT molecular complexity index is 1390. The van der Waals surface area contributed by atoms with E-state index >= 15 is 0 Å². The zero-order valence-corrected chi connectivity index (χ0v) is 18.2. The fraction of sp³-hybridized carbons (Fsp3) is 0.0690. The van der Waals surface area contributed by atoms with E-state index in [0.717, 1.165) is 28.9 Å². The van der Waals surface area contributed by atoms with Crippen LogP contribution in [-0.4, -0.2) is 12.9 Å². The van der Waals surface area contributed by atoms with E-state index in [0.29, 0.717) is 22.5 Å². The summed E-state index contributed by atoms with van der Waals surface area (Å²) < 4.78 is 11.4. The Balaban J connectivity index is 1.46. The maximum atomic E-state index is 13.6. The predicted molar refractivity (Wildman–Crippen MR) is 132 cm³/mol. The van der Waals surface area contributed by atoms with E-state index in [9.17, 15) is 4.79 Å². The first kappa shape index (κ1) is 20.6. The van der Waals surface area contributed by atoms with E-state index in [1.807, 2.05) is 91.0 Å². The zero-order chi connectivity index (χ0) is 22.6. The van der Waals surface area contributed by atoms with Crippen molar-refractivity contribution >= 4 is 22.4 Å². The molecule has 0 spiro atoms. The SMILES string of the molecule is COc1ccc(-c2oc3ccccc3c2C(=O)c2ccc(NCc3ccccc3)cc2)cc1. The van der Waals surface area contributed by atoms with Crippen LogP contribution >= 0.6 is 0 Å². The molecule has 0 aliphatic heterocycles. The predicted octanol–water partition coefficient (Wildman–Crippen LogP) is 6.95. The molecular formula is C29H23NO3. The average Bonchev–Trinajstić information content (AvgIpc) is 3.27. The zero-order valence-electron chi connectivity index (χ0n) is 18.2. The van der Waals surface area contributed by atoms with Gasteiger partial charge in [-0.1, -0.05) is 48.5 Å². The lowest BCUT2D eigenvalue weighted by Crippen LogP contribution is -2.03. The highest BCUT2D eigenvalue weighted by Crippen LogP contribution is 2.36. The molecule has 0 aliphatic rings. The summed E-state index contributed by atoms with van der Waals surface area (Å²) in [7, 11) is 1.63. The van der Waals surface area contributed by atoms with Crippen molar-refractivity contribution in [2.45, 2.75) is 6.54 Å². The molecule has 4 nitrogen and oxygen atoms in total. The van der Waals surface area contributed by atoms with Gasteiger partial charge in [-0.3, -0.25) is 4.79 Å². The molecule has 1 aromatic heterocycles. The Kier molecular flexibility index (Phi) is 5.64. The summed E-state index contributed by atoms with van der Waals surface area (Å²) in [5, 5.41) is 4.20. The van der Waals surface area contributed by atoms with Crippen LogP contribution in [0.2, 0.25) is 0 Å². The third kappa shape index (κ3) is 4.23. The van der Waals surface area contributed by atoms with Gasteiger partial charge in [-0.05, 0) is 60.2 Å². The first-order valence-corrected chi connectivity index (χ1v) is 10.8. The van der Waals surface area contributed by atoms with Gasteiger partial charge in [0.2, 0.25) is 0 Å². The Morgan fingerprint density at radius 3 is 2.24 bits per heavy atom. The lowest BCUT2D eigenvalue weighted by Gasteiger charge is -2.08. The fourth-order valence-electron chi connectivity index (χ4n) is 3.90. The third-order valence-electron chi connectivity index (χ3n) is 5.66. The van der Waals surface area contributed by atoms with Gasteiger partial charge in [0.05, 0.1) is 12.7 Å². The highest BCUT2D eigenvalue weighted by Gasteiger charge is 2.23. The number of carbonyl (C=O) groups is 1. The number of hydrogen-bond donors (Lipinski definition) is 1. The quantitative estimate of drug-likeness (QED) is 0.282. The molecule has 0 saturated carbocycles. The first-order valence-electron chi connectivity index (χ1n) is 10.8. The van der Waals surface area contributed by atoms with Gasteiger partial charge in [-0.25, -0.2) is 0 Å². The van der Waals surface area contributed by atoms with E-state index in [1.54, 1.807) is 7.11 Å². The molecule has 0 unspecified atom stereocenters. The van der Waals surface area contributed by atoms with Gasteiger partial charge in [0, 0.05) is 28.7 Å². The summed E-state index contributed by atoms with van der Waals surface area (Å²) >= 11 is 0. The molecule has 5 rings (SSSR count). The van der Waals surface area contributed by atoms with Gasteiger partial charge in [0.15, 0.2) is 5.78 Å². The van der Waals surface area contributed by atoms with E-state index in [4.69, 9.17) is 9.15 Å². The normalized spacial score (nSPS) is 10.8. The number of para-hydroxylation sites is 1. The Morgan fingerprint density at radius 1 is 0.818 bits per heavy atom. The van der Waals surface area contributed by atoms with Crippen LogP contribution in [0.4, 0.5) is 5.69 Å². The molecule has 0 saturated heterocycles. The fourth-order valence-corrected chi connectivity index (χ4v) is 3.90. The number of anilines is 1. The van der Waals surface area contributed by atoms with Gasteiger partial charge >= 0.3 is 0 Å². The van der Waals surface area contributed by atoms with Crippen LogP contribution < -0.4 is 10.1 Å². The molecule has 0 atom stereocenters. The van der Waals surface area contributed by atoms with Crippen molar-refractivity contribution in [1.82, 2.24) is 0 Å². The first-order chi connectivity index (χ1) is 16.2. The Morgan fingerprint density at radius 2 is 1.52 bits per heavy atom. The molecule has 0 aliphatic carbocycles. The van der Waals surface area contributed by atoms with E-state index in [2.05, 4.69) is 17.4 Å². The molecule has 0 bridgehead atoms. The lowest BCUT2D eigenvalue weighted by molar-refractivity contribution is 0.104. The molecule has 0 fully saturated rings. The smallest absolute Gasteiger partial charge is 0.197 e. The largest absolute Gasteiger partial charge is 0.497 e. The van der Waals surface area contributed by atoms with E-state index in [1.165, 1.54) is 5.56 Å². The lowest BCUT2D eigenvalue weighted by atomic mass is 9.97. The minimum Gasteiger partial charge on any atom is -0.497 e. The van der Waals surface area contributed by atoms with E-state index in [-0.39, 0.29) is 5.78 Å². The van der Waals surface area contributed by atoms with Crippen LogP contribution in [0.1, 0.15) is 21.5 Å². The molecular weight excluding hydrogens is 410 g/mol. The second-order valence-electron chi connectivity index (χ2n) is 7.78. The summed E-state index contributed by atoms with van der Waals surface area (Å²) in [5.74, 6) is 1.25. The summed E-state index contributed by atoms with van der Waals surface area (Å²) in [6.07, 6.45) is 0. The number of furan rings is 1. The number of benzene rings is 4. The summed E-state index contributed by atoms with van der Waals surface area (Å²) in [5.41, 5.74) is 4.86. The van der Waals surface area contributed by atoms with Crippen molar-refractivity contribution in [3.05, 3.63) is 120 Å². The van der Waals surface area contributed by atoms with Crippen molar-refractivity contribution in [3.8, 4) is 17.1 Å². The topological polar surface area (TPSA) is 51.5 Å². The van der Waals surface area contributed by atoms with Crippen molar-refractivity contribution in [1.29, 1.82) is 0 Å². The highest BCUT2D eigenvalue weighted by atomic mass is 16.5. The van der Waals surface area contributed by atoms with Crippen LogP contribution in [0.5, 0.6) is 5.75 Å². The number of ether oxygens (including phenoxy) is 1. The van der Waals surface area contributed by atoms with Crippen molar-refractivity contribution in [3.63, 3.8) is 0 Å². The Labute approximate surface area is 192 Å². The molecule has 5 aromatic rings. The average molecular weight is 434 g/mol. The third-order valence-corrected chi connectivity index (χ3v) is 5.66. The minimum atomic E-state index is -0.0691. The van der Waals surface area contributed by atoms with Crippen molar-refractivity contribution in [2.75, 3.05) is 12.4 Å². The van der Waals surface area contributed by atoms with E-state index < -0.39 is 0 Å². The van der Waals surface area contributed by atoms with Crippen molar-refractivity contribution < 1.29 is 13.9 Å². The summed E-state index contributed by atoms with van der Waals surface area (Å²) in [6, 6.07) is 33.0. The standard InChI is InChI=1S/C29H23NO3/c1-32-24-17-13-22(14-18-24)29-27(25-9-5-6-10-26(25)33-29)28(31)21-11-15-23(16-12-21)30-19-20-7-3-2-4-8-20/h2-18,30H,19H2,1H3. The summed E-state index contributed by atoms with van der Waals surface area (Å²) in [4.78, 5) is 13.6. The van der Waals surface area contributed by atoms with Crippen molar-refractivity contribution in [2.24, 2.45) is 0 Å². The molecule has 1 N–H and O–H groups in total. The number of nitrogens with one attached hydrogen (secondary N) is 1. The van der Waals surface area contributed by atoms with Crippen LogP contribution in [0.3, 0.4) is 0 Å². The second kappa shape index (κ2) is 9.05. The number of carbonyl (C=O) groups excluding carboxylic acids is 1. The van der Waals surface area contributed by atoms with Crippen LogP contribution in [0.25, 0.3) is 22.3 Å². The molecule has 4 heteroatoms. The molecule has 0 amide bonds. The van der Waals surface area contributed by atoms with Crippen LogP contribution in [-0.2, 0) is 6.54 Å². The number of fused-ring (bicyclic) bond motifs is 1. The molecule has 162 valence electrons. The van der Waals surface area contributed by atoms with Gasteiger partial charge in [-0.15, -0.1) is 0 Å². The number of hydrogen-bond acceptors (Lipinski definition) is 4. The van der Waals surface area contributed by atoms with Gasteiger partial charge in [-0.2, -0.15) is 0 Å². The maximum absolute atomic E-state index is 13.6. The summed E-state index contributed by atoms with van der Waals surface area (Å²) in [6.45, 7) is 0.724. The monoisotopic (exact) mass is 433 g/mol. The number of rotatable bonds is 7. The minimum absolute atomic E-state index is 0.0691. The molecule has 4 aromatic carbocycles. The highest BCUT2D eigenvalue weighted by molar-refractivity contribution is 6.19. The molecule has 1 heterocycles. The van der Waals surface area contributed by atoms with Crippen LogP contribution in [0.15, 0.2) is 108 Å². The molecule has 33 heavy (non-hydrogen) atoms. The maximum Gasteiger partial charge on any atom is 0.197 e. The Hall–Kier alpha value is -4.31. The number of methoxy groups -OCH3 is 1. The van der Waals surface area contributed by atoms with Crippen LogP contribution in [0, 0.1) is 0 Å². The number of ketones is 1. The molecule has 0 radical (unpaired) electrons. The van der Waals surface area contributed by atoms with Gasteiger partial charge < -0.3 is 14.5 Å². The van der Waals surface area contributed by atoms with Gasteiger partial charge in [0.1, 0.15) is 17.1 Å². The van der Waals surface area contributed by atoms with Gasteiger partial charge in [0.25, 0.3) is 0 Å². The second-order valence-corrected chi connectivity index (χ2v) is 7.78.